The number of allylic oxidation sites excluding steroid dienone is 1. The van der Waals surface area contributed by atoms with Crippen molar-refractivity contribution < 1.29 is 9.53 Å². The Bertz CT molecular complexity index is 485. The molecule has 1 aromatic rings. The molecule has 1 heterocycles. The topological polar surface area (TPSA) is 90.7 Å². The molecule has 0 spiro atoms. The van der Waals surface area contributed by atoms with Crippen LogP contribution in [0.4, 0.5) is 5.69 Å². The van der Waals surface area contributed by atoms with Gasteiger partial charge < -0.3 is 16.2 Å². The number of nitrogens with zero attached hydrogens (tertiary/aromatic N) is 1. The van der Waals surface area contributed by atoms with E-state index in [4.69, 9.17) is 16.2 Å². The van der Waals surface area contributed by atoms with E-state index in [2.05, 4.69) is 11.6 Å². The number of cyclic esters (lactones) is 1. The summed E-state index contributed by atoms with van der Waals surface area (Å²) >= 11 is 0. The van der Waals surface area contributed by atoms with Crippen molar-refractivity contribution in [3.8, 4) is 0 Å². The second kappa shape index (κ2) is 4.91. The summed E-state index contributed by atoms with van der Waals surface area (Å²) in [4.78, 5) is 15.3. The molecule has 5 heteroatoms. The summed E-state index contributed by atoms with van der Waals surface area (Å²) in [5.74, 6) is 0.429. The maximum atomic E-state index is 11.3. The van der Waals surface area contributed by atoms with E-state index in [1.54, 1.807) is 0 Å². The standard InChI is InChI=1S/C13H15N3O2/c1-8-6-10(7-12(17)18-8)9-2-4-11(5-3-9)16-13(14)15/h2-5,10H,1,6-7H2,(H4,14,15,16)/t10-/m1/s1. The van der Waals surface area contributed by atoms with Crippen molar-refractivity contribution in [1.82, 2.24) is 0 Å². The van der Waals surface area contributed by atoms with Crippen LogP contribution in [0.3, 0.4) is 0 Å². The number of hydrogen-bond donors (Lipinski definition) is 2. The lowest BCUT2D eigenvalue weighted by atomic mass is 9.90. The number of rotatable bonds is 2. The molecular formula is C13H15N3O2. The first-order valence-corrected chi connectivity index (χ1v) is 5.62. The van der Waals surface area contributed by atoms with Gasteiger partial charge in [0.1, 0.15) is 5.76 Å². The molecule has 0 saturated carbocycles. The highest BCUT2D eigenvalue weighted by Crippen LogP contribution is 2.32. The summed E-state index contributed by atoms with van der Waals surface area (Å²) in [6.45, 7) is 3.70. The quantitative estimate of drug-likeness (QED) is 0.469. The van der Waals surface area contributed by atoms with E-state index in [0.717, 1.165) is 5.56 Å². The average Bonchev–Trinajstić information content (AvgIpc) is 2.27. The second-order valence-electron chi connectivity index (χ2n) is 4.25. The lowest BCUT2D eigenvalue weighted by Crippen LogP contribution is -2.21. The molecule has 1 aliphatic rings. The number of benzene rings is 1. The summed E-state index contributed by atoms with van der Waals surface area (Å²) in [5.41, 5.74) is 12.3. The van der Waals surface area contributed by atoms with Crippen LogP contribution in [0.1, 0.15) is 24.3 Å². The second-order valence-corrected chi connectivity index (χ2v) is 4.25. The van der Waals surface area contributed by atoms with Gasteiger partial charge in [-0.05, 0) is 17.7 Å². The van der Waals surface area contributed by atoms with Crippen LogP contribution in [0.5, 0.6) is 0 Å². The number of hydrogen-bond acceptors (Lipinski definition) is 3. The summed E-state index contributed by atoms with van der Waals surface area (Å²) in [6, 6.07) is 7.46. The molecule has 0 unspecified atom stereocenters. The fraction of sp³-hybridized carbons (Fsp3) is 0.231. The van der Waals surface area contributed by atoms with E-state index in [1.807, 2.05) is 24.3 Å². The van der Waals surface area contributed by atoms with Gasteiger partial charge in [0.2, 0.25) is 0 Å². The summed E-state index contributed by atoms with van der Waals surface area (Å²) in [7, 11) is 0. The summed E-state index contributed by atoms with van der Waals surface area (Å²) in [6.07, 6.45) is 1.04. The van der Waals surface area contributed by atoms with Crippen molar-refractivity contribution in [3.05, 3.63) is 42.2 Å². The Morgan fingerprint density at radius 2 is 1.94 bits per heavy atom. The molecule has 1 fully saturated rings. The number of guanidine groups is 1. The van der Waals surface area contributed by atoms with Gasteiger partial charge in [0, 0.05) is 12.3 Å². The van der Waals surface area contributed by atoms with E-state index in [9.17, 15) is 4.79 Å². The molecule has 1 aromatic carbocycles. The Labute approximate surface area is 105 Å². The number of ether oxygens (including phenoxy) is 1. The molecular weight excluding hydrogens is 230 g/mol. The number of aliphatic imine (C=N–C) groups is 1. The van der Waals surface area contributed by atoms with Gasteiger partial charge in [0.05, 0.1) is 12.1 Å². The highest BCUT2D eigenvalue weighted by molar-refractivity contribution is 5.79. The van der Waals surface area contributed by atoms with Crippen LogP contribution in [0.25, 0.3) is 0 Å². The molecule has 0 aromatic heterocycles. The van der Waals surface area contributed by atoms with Crippen molar-refractivity contribution in [1.29, 1.82) is 0 Å². The van der Waals surface area contributed by atoms with Gasteiger partial charge in [-0.1, -0.05) is 18.7 Å². The van der Waals surface area contributed by atoms with Crippen molar-refractivity contribution in [2.24, 2.45) is 16.5 Å². The minimum atomic E-state index is -0.232. The van der Waals surface area contributed by atoms with Gasteiger partial charge in [-0.2, -0.15) is 0 Å². The Kier molecular flexibility index (Phi) is 3.32. The third-order valence-corrected chi connectivity index (χ3v) is 2.77. The molecule has 94 valence electrons. The predicted molar refractivity (Wildman–Crippen MR) is 69.1 cm³/mol. The van der Waals surface area contributed by atoms with Crippen LogP contribution in [0.15, 0.2) is 41.6 Å². The lowest BCUT2D eigenvalue weighted by Gasteiger charge is -2.22. The van der Waals surface area contributed by atoms with Crippen LogP contribution < -0.4 is 11.5 Å². The van der Waals surface area contributed by atoms with Crippen molar-refractivity contribution in [3.63, 3.8) is 0 Å². The van der Waals surface area contributed by atoms with Gasteiger partial charge in [0.25, 0.3) is 0 Å². The first kappa shape index (κ1) is 12.2. The van der Waals surface area contributed by atoms with E-state index >= 15 is 0 Å². The van der Waals surface area contributed by atoms with Crippen LogP contribution in [-0.2, 0) is 9.53 Å². The smallest absolute Gasteiger partial charge is 0.311 e. The first-order valence-electron chi connectivity index (χ1n) is 5.62. The van der Waals surface area contributed by atoms with Gasteiger partial charge in [-0.3, -0.25) is 4.79 Å². The van der Waals surface area contributed by atoms with Crippen LogP contribution in [-0.4, -0.2) is 11.9 Å². The number of nitrogens with two attached hydrogens (primary N) is 2. The largest absolute Gasteiger partial charge is 0.432 e. The highest BCUT2D eigenvalue weighted by atomic mass is 16.5. The van der Waals surface area contributed by atoms with Gasteiger partial charge >= 0.3 is 5.97 Å². The van der Waals surface area contributed by atoms with Crippen molar-refractivity contribution in [2.45, 2.75) is 18.8 Å². The molecule has 18 heavy (non-hydrogen) atoms. The number of carbonyl (C=O) groups is 1. The normalized spacial score (nSPS) is 19.2. The van der Waals surface area contributed by atoms with Crippen molar-refractivity contribution in [2.75, 3.05) is 0 Å². The Morgan fingerprint density at radius 1 is 1.28 bits per heavy atom. The molecule has 1 saturated heterocycles. The van der Waals surface area contributed by atoms with E-state index in [0.29, 0.717) is 24.3 Å². The Balaban J connectivity index is 2.16. The maximum absolute atomic E-state index is 11.3. The minimum absolute atomic E-state index is 0.0253. The highest BCUT2D eigenvalue weighted by Gasteiger charge is 2.24. The summed E-state index contributed by atoms with van der Waals surface area (Å²) < 4.78 is 4.93. The fourth-order valence-corrected chi connectivity index (χ4v) is 2.00. The average molecular weight is 245 g/mol. The van der Waals surface area contributed by atoms with E-state index < -0.39 is 0 Å². The molecule has 1 aliphatic heterocycles. The van der Waals surface area contributed by atoms with Gasteiger partial charge in [0.15, 0.2) is 5.96 Å². The zero-order valence-corrected chi connectivity index (χ0v) is 9.93. The van der Waals surface area contributed by atoms with Crippen LogP contribution >= 0.6 is 0 Å². The maximum Gasteiger partial charge on any atom is 0.311 e. The molecule has 0 bridgehead atoms. The Hall–Kier alpha value is -2.30. The van der Waals surface area contributed by atoms with Gasteiger partial charge in [-0.15, -0.1) is 0 Å². The van der Waals surface area contributed by atoms with Gasteiger partial charge in [-0.25, -0.2) is 4.99 Å². The monoisotopic (exact) mass is 245 g/mol. The Morgan fingerprint density at radius 3 is 2.50 bits per heavy atom. The number of esters is 1. The van der Waals surface area contributed by atoms with Crippen LogP contribution in [0.2, 0.25) is 0 Å². The molecule has 5 nitrogen and oxygen atoms in total. The fourth-order valence-electron chi connectivity index (χ4n) is 2.00. The molecule has 0 amide bonds. The predicted octanol–water partition coefficient (Wildman–Crippen LogP) is 1.53. The third kappa shape index (κ3) is 2.88. The minimum Gasteiger partial charge on any atom is -0.432 e. The van der Waals surface area contributed by atoms with Crippen LogP contribution in [0, 0.1) is 0 Å². The van der Waals surface area contributed by atoms with E-state index in [-0.39, 0.29) is 17.8 Å². The molecule has 0 aliphatic carbocycles. The zero-order valence-electron chi connectivity index (χ0n) is 9.93. The van der Waals surface area contributed by atoms with E-state index in [1.165, 1.54) is 0 Å². The zero-order chi connectivity index (χ0) is 13.1. The summed E-state index contributed by atoms with van der Waals surface area (Å²) in [5, 5.41) is 0. The number of carbonyl (C=O) groups excluding carboxylic acids is 1. The SMILES string of the molecule is C=C1C[C@@H](c2ccc(N=C(N)N)cc2)CC(=O)O1. The van der Waals surface area contributed by atoms with Crippen molar-refractivity contribution >= 4 is 17.6 Å². The third-order valence-electron chi connectivity index (χ3n) is 2.77. The molecule has 0 radical (unpaired) electrons. The molecule has 1 atom stereocenters. The molecule has 4 N–H and O–H groups in total. The lowest BCUT2D eigenvalue weighted by molar-refractivity contribution is -0.142. The molecule has 2 rings (SSSR count). The first-order chi connectivity index (χ1) is 8.54.